The summed E-state index contributed by atoms with van der Waals surface area (Å²) < 4.78 is 0. The van der Waals surface area contributed by atoms with Gasteiger partial charge in [-0.15, -0.1) is 0 Å². The molecule has 0 amide bonds. The molecule has 90 valence electrons. The van der Waals surface area contributed by atoms with E-state index in [4.69, 9.17) is 22.6 Å². The van der Waals surface area contributed by atoms with Crippen LogP contribution >= 0.6 is 11.6 Å². The maximum absolute atomic E-state index is 8.80. The van der Waals surface area contributed by atoms with E-state index >= 15 is 0 Å². The number of benzene rings is 1. The van der Waals surface area contributed by atoms with E-state index < -0.39 is 0 Å². The number of nitrogens with one attached hydrogen (secondary N) is 1. The van der Waals surface area contributed by atoms with Crippen molar-refractivity contribution in [3.05, 3.63) is 46.6 Å². The summed E-state index contributed by atoms with van der Waals surface area (Å²) in [7, 11) is 0. The van der Waals surface area contributed by atoms with Gasteiger partial charge in [0.2, 0.25) is 5.95 Å². The van der Waals surface area contributed by atoms with Crippen LogP contribution in [0.25, 0.3) is 0 Å². The molecule has 2 aromatic rings. The highest BCUT2D eigenvalue weighted by atomic mass is 35.5. The lowest BCUT2D eigenvalue weighted by Gasteiger charge is -2.07. The van der Waals surface area contributed by atoms with Crippen molar-refractivity contribution in [2.24, 2.45) is 0 Å². The first-order valence-electron chi connectivity index (χ1n) is 5.20. The average Bonchev–Trinajstić information content (AvgIpc) is 2.40. The second kappa shape index (κ2) is 5.34. The monoisotopic (exact) mass is 259 g/mol. The third kappa shape index (κ3) is 2.87. The molecule has 0 aliphatic carbocycles. The fraction of sp³-hybridized carbons (Fsp3) is 0.0833. The fourth-order valence-electron chi connectivity index (χ4n) is 1.44. The smallest absolute Gasteiger partial charge is 0.222 e. The third-order valence-corrected chi connectivity index (χ3v) is 2.56. The predicted molar refractivity (Wildman–Crippen MR) is 69.9 cm³/mol. The first-order chi connectivity index (χ1) is 8.69. The number of hydrogen-bond donors (Lipinski definition) is 2. The molecule has 1 aromatic carbocycles. The quantitative estimate of drug-likeness (QED) is 0.882. The van der Waals surface area contributed by atoms with Crippen molar-refractivity contribution >= 4 is 23.4 Å². The van der Waals surface area contributed by atoms with E-state index in [-0.39, 0.29) is 5.95 Å². The van der Waals surface area contributed by atoms with E-state index in [1.807, 2.05) is 12.1 Å². The molecule has 0 fully saturated rings. The van der Waals surface area contributed by atoms with Gasteiger partial charge in [-0.2, -0.15) is 10.2 Å². The summed E-state index contributed by atoms with van der Waals surface area (Å²) in [5, 5.41) is 12.3. The van der Waals surface area contributed by atoms with Crippen LogP contribution in [0.2, 0.25) is 5.02 Å². The highest BCUT2D eigenvalue weighted by molar-refractivity contribution is 6.32. The number of rotatable bonds is 3. The van der Waals surface area contributed by atoms with Gasteiger partial charge in [0.1, 0.15) is 5.02 Å². The Balaban J connectivity index is 2.11. The average molecular weight is 260 g/mol. The molecular formula is C12H10ClN5. The number of nitrogens with two attached hydrogens (primary N) is 1. The lowest BCUT2D eigenvalue weighted by Crippen LogP contribution is -2.05. The Morgan fingerprint density at radius 2 is 2.28 bits per heavy atom. The highest BCUT2D eigenvalue weighted by Crippen LogP contribution is 2.19. The normalized spacial score (nSPS) is 9.78. The highest BCUT2D eigenvalue weighted by Gasteiger charge is 2.03. The van der Waals surface area contributed by atoms with Gasteiger partial charge >= 0.3 is 0 Å². The Kier molecular flexibility index (Phi) is 3.60. The lowest BCUT2D eigenvalue weighted by molar-refractivity contribution is 1.09. The van der Waals surface area contributed by atoms with E-state index in [0.717, 1.165) is 5.56 Å². The maximum atomic E-state index is 8.80. The van der Waals surface area contributed by atoms with Crippen LogP contribution in [-0.4, -0.2) is 9.97 Å². The van der Waals surface area contributed by atoms with Crippen LogP contribution in [0.1, 0.15) is 11.1 Å². The lowest BCUT2D eigenvalue weighted by atomic mass is 10.1. The van der Waals surface area contributed by atoms with Crippen molar-refractivity contribution < 1.29 is 0 Å². The van der Waals surface area contributed by atoms with Gasteiger partial charge in [-0.05, 0) is 17.7 Å². The van der Waals surface area contributed by atoms with Gasteiger partial charge in [0.25, 0.3) is 0 Å². The molecule has 3 N–H and O–H groups in total. The molecule has 0 aliphatic rings. The summed E-state index contributed by atoms with van der Waals surface area (Å²) in [6.07, 6.45) is 1.44. The predicted octanol–water partition coefficient (Wildman–Crippen LogP) is 2.20. The zero-order valence-electron chi connectivity index (χ0n) is 9.39. The molecule has 0 saturated carbocycles. The number of halogens is 1. The Labute approximate surface area is 109 Å². The van der Waals surface area contributed by atoms with E-state index in [1.165, 1.54) is 6.20 Å². The molecule has 1 heterocycles. The zero-order chi connectivity index (χ0) is 13.0. The number of nitriles is 1. The number of anilines is 2. The fourth-order valence-corrected chi connectivity index (χ4v) is 1.60. The molecule has 18 heavy (non-hydrogen) atoms. The molecule has 0 radical (unpaired) electrons. The molecule has 1 aromatic heterocycles. The minimum Gasteiger partial charge on any atom is -0.368 e. The van der Waals surface area contributed by atoms with Gasteiger partial charge in [0.15, 0.2) is 5.82 Å². The van der Waals surface area contributed by atoms with Gasteiger partial charge in [-0.25, -0.2) is 4.98 Å². The number of nitrogens with zero attached hydrogens (tertiary/aromatic N) is 3. The molecule has 0 saturated heterocycles. The summed E-state index contributed by atoms with van der Waals surface area (Å²) in [5.41, 5.74) is 7.05. The van der Waals surface area contributed by atoms with Crippen LogP contribution in [0.4, 0.5) is 11.8 Å². The van der Waals surface area contributed by atoms with E-state index in [1.54, 1.807) is 12.1 Å². The van der Waals surface area contributed by atoms with Crippen molar-refractivity contribution in [1.29, 1.82) is 5.26 Å². The van der Waals surface area contributed by atoms with Crippen LogP contribution in [0.3, 0.4) is 0 Å². The molecule has 2 rings (SSSR count). The zero-order valence-corrected chi connectivity index (χ0v) is 10.1. The number of aromatic nitrogens is 2. The topological polar surface area (TPSA) is 87.6 Å². The van der Waals surface area contributed by atoms with E-state index in [2.05, 4.69) is 21.4 Å². The summed E-state index contributed by atoms with van der Waals surface area (Å²) in [6.45, 7) is 0.506. The minimum atomic E-state index is 0.160. The Hall–Kier alpha value is -2.32. The van der Waals surface area contributed by atoms with Crippen LogP contribution in [-0.2, 0) is 6.54 Å². The van der Waals surface area contributed by atoms with E-state index in [0.29, 0.717) is 22.9 Å². The summed E-state index contributed by atoms with van der Waals surface area (Å²) in [5.74, 6) is 0.638. The second-order valence-corrected chi connectivity index (χ2v) is 4.00. The van der Waals surface area contributed by atoms with E-state index in [9.17, 15) is 0 Å². The molecule has 6 heteroatoms. The molecule has 0 aliphatic heterocycles. The molecule has 0 unspecified atom stereocenters. The molecule has 5 nitrogen and oxygen atoms in total. The SMILES string of the molecule is N#Cc1cccc(CNc2nc(N)ncc2Cl)c1. The van der Waals surface area contributed by atoms with Gasteiger partial charge in [0, 0.05) is 6.54 Å². The summed E-state index contributed by atoms with van der Waals surface area (Å²) in [4.78, 5) is 7.76. The van der Waals surface area contributed by atoms with Crippen LogP contribution in [0.15, 0.2) is 30.5 Å². The van der Waals surface area contributed by atoms with Crippen LogP contribution in [0, 0.1) is 11.3 Å². The second-order valence-electron chi connectivity index (χ2n) is 3.59. The van der Waals surface area contributed by atoms with Gasteiger partial charge in [0.05, 0.1) is 17.8 Å². The Morgan fingerprint density at radius 1 is 1.44 bits per heavy atom. The van der Waals surface area contributed by atoms with Crippen LogP contribution < -0.4 is 11.1 Å². The number of nitrogen functional groups attached to an aromatic ring is 1. The largest absolute Gasteiger partial charge is 0.368 e. The molecule has 0 atom stereocenters. The summed E-state index contributed by atoms with van der Waals surface area (Å²) in [6, 6.07) is 9.37. The maximum Gasteiger partial charge on any atom is 0.222 e. The van der Waals surface area contributed by atoms with Crippen molar-refractivity contribution in [3.8, 4) is 6.07 Å². The molecule has 0 bridgehead atoms. The molecule has 0 spiro atoms. The third-order valence-electron chi connectivity index (χ3n) is 2.28. The van der Waals surface area contributed by atoms with Gasteiger partial charge in [-0.3, -0.25) is 0 Å². The number of hydrogen-bond acceptors (Lipinski definition) is 5. The van der Waals surface area contributed by atoms with Crippen molar-refractivity contribution in [2.75, 3.05) is 11.1 Å². The van der Waals surface area contributed by atoms with Crippen molar-refractivity contribution in [1.82, 2.24) is 9.97 Å². The minimum absolute atomic E-state index is 0.160. The summed E-state index contributed by atoms with van der Waals surface area (Å²) >= 11 is 5.93. The van der Waals surface area contributed by atoms with Gasteiger partial charge < -0.3 is 11.1 Å². The standard InChI is InChI=1S/C12H10ClN5/c13-10-7-17-12(15)18-11(10)16-6-9-3-1-2-8(4-9)5-14/h1-4,7H,6H2,(H3,15,16,17,18). The first kappa shape index (κ1) is 12.1. The Bertz CT molecular complexity index is 606. The van der Waals surface area contributed by atoms with Crippen LogP contribution in [0.5, 0.6) is 0 Å². The van der Waals surface area contributed by atoms with Gasteiger partial charge in [-0.1, -0.05) is 23.7 Å². The Morgan fingerprint density at radius 3 is 3.06 bits per heavy atom. The first-order valence-corrected chi connectivity index (χ1v) is 5.58. The van der Waals surface area contributed by atoms with Crippen molar-refractivity contribution in [2.45, 2.75) is 6.54 Å². The van der Waals surface area contributed by atoms with Crippen molar-refractivity contribution in [3.63, 3.8) is 0 Å². The molecular weight excluding hydrogens is 250 g/mol.